The number of nitrogens with one attached hydrogen (secondary N) is 2. The molecule has 4 atom stereocenters. The maximum Gasteiger partial charge on any atom is 0.344 e. The minimum atomic E-state index is -1.02. The van der Waals surface area contributed by atoms with E-state index in [1.54, 1.807) is 37.4 Å². The molecule has 66 heavy (non-hydrogen) atoms. The van der Waals surface area contributed by atoms with Crippen molar-refractivity contribution >= 4 is 60.5 Å². The molecule has 0 saturated carbocycles. The lowest BCUT2D eigenvalue weighted by Crippen LogP contribution is -2.28. The molecule has 1 unspecified atom stereocenters. The molecular formula is C51H72N2O10S3. The van der Waals surface area contributed by atoms with E-state index in [0.717, 1.165) is 38.8 Å². The fraction of sp³-hybridized carbons (Fsp3) is 0.451. The number of ketones is 2. The van der Waals surface area contributed by atoms with E-state index in [2.05, 4.69) is 60.9 Å². The Balaban J connectivity index is 0.000000443. The number of thioether (sulfide) groups is 2. The van der Waals surface area contributed by atoms with Crippen LogP contribution in [0.2, 0.25) is 0 Å². The first-order chi connectivity index (χ1) is 30.0. The van der Waals surface area contributed by atoms with Crippen molar-refractivity contribution in [2.24, 2.45) is 0 Å². The molecule has 12 nitrogen and oxygen atoms in total. The SMILES string of the molecule is C.CCNC1Cc2ccc(SC(C)(C)C(C)=O)cc2C1.CCN[C@H]1Cc2ccc(SC(C)(C)C(C)=O)cc2C1.C[C@@H](Oc1ccc(O)cc1)C(=O)O.C[C@@H](Oc1ccc(O)cc1)C(=O)O.S. The molecule has 4 aromatic carbocycles. The molecule has 0 aromatic heterocycles. The highest BCUT2D eigenvalue weighted by molar-refractivity contribution is 8.01. The van der Waals surface area contributed by atoms with Crippen molar-refractivity contribution in [2.75, 3.05) is 13.1 Å². The molecule has 364 valence electrons. The van der Waals surface area contributed by atoms with Crippen LogP contribution in [0.1, 0.15) is 98.9 Å². The number of carboxylic acid groups (broad SMARTS) is 2. The number of carbonyl (C=O) groups excluding carboxylic acids is 2. The summed E-state index contributed by atoms with van der Waals surface area (Å²) in [7, 11) is 0. The van der Waals surface area contributed by atoms with E-state index in [1.807, 2.05) is 27.7 Å². The molecule has 0 heterocycles. The number of rotatable bonds is 16. The zero-order chi connectivity index (χ0) is 47.8. The van der Waals surface area contributed by atoms with Gasteiger partial charge in [-0.15, -0.1) is 23.5 Å². The molecule has 4 aromatic rings. The summed E-state index contributed by atoms with van der Waals surface area (Å²) < 4.78 is 9.36. The van der Waals surface area contributed by atoms with Gasteiger partial charge in [-0.3, -0.25) is 9.59 Å². The van der Waals surface area contributed by atoms with Crippen LogP contribution in [0.25, 0.3) is 0 Å². The van der Waals surface area contributed by atoms with Crippen molar-refractivity contribution in [3.63, 3.8) is 0 Å². The number of fused-ring (bicyclic) bond motifs is 2. The maximum atomic E-state index is 11.6. The summed E-state index contributed by atoms with van der Waals surface area (Å²) in [6, 6.07) is 26.2. The zero-order valence-electron chi connectivity index (χ0n) is 39.2. The van der Waals surface area contributed by atoms with Crippen molar-refractivity contribution in [3.05, 3.63) is 107 Å². The molecule has 0 radical (unpaired) electrons. The minimum Gasteiger partial charge on any atom is -0.508 e. The van der Waals surface area contributed by atoms with E-state index in [9.17, 15) is 19.2 Å². The van der Waals surface area contributed by atoms with Gasteiger partial charge in [0, 0.05) is 21.9 Å². The van der Waals surface area contributed by atoms with Gasteiger partial charge in [-0.05, 0) is 189 Å². The molecule has 0 aliphatic heterocycles. The smallest absolute Gasteiger partial charge is 0.344 e. The van der Waals surface area contributed by atoms with E-state index in [0.29, 0.717) is 23.6 Å². The number of hydrogen-bond acceptors (Lipinski definition) is 12. The van der Waals surface area contributed by atoms with Gasteiger partial charge in [0.25, 0.3) is 0 Å². The summed E-state index contributed by atoms with van der Waals surface area (Å²) in [5.41, 5.74) is 5.79. The van der Waals surface area contributed by atoms with Gasteiger partial charge in [-0.1, -0.05) is 33.4 Å². The number of benzene rings is 4. The Labute approximate surface area is 407 Å². The Morgan fingerprint density at radius 1 is 0.591 bits per heavy atom. The monoisotopic (exact) mass is 968 g/mol. The molecule has 2 aliphatic rings. The number of likely N-dealkylation sites (N-methyl/N-ethyl adjacent to an activating group) is 2. The number of Topliss-reactive ketones (excluding diaryl/α,β-unsaturated/α-hetero) is 2. The Hall–Kier alpha value is -4.67. The molecule has 0 bridgehead atoms. The largest absolute Gasteiger partial charge is 0.508 e. The third-order valence-corrected chi connectivity index (χ3v) is 13.2. The second kappa shape index (κ2) is 27.8. The van der Waals surface area contributed by atoms with Gasteiger partial charge in [0.05, 0.1) is 9.49 Å². The summed E-state index contributed by atoms with van der Waals surface area (Å²) in [4.78, 5) is 46.4. The highest BCUT2D eigenvalue weighted by atomic mass is 32.2. The van der Waals surface area contributed by atoms with Crippen molar-refractivity contribution in [3.8, 4) is 23.0 Å². The minimum absolute atomic E-state index is 0. The first-order valence-electron chi connectivity index (χ1n) is 21.5. The van der Waals surface area contributed by atoms with Gasteiger partial charge >= 0.3 is 11.9 Å². The normalized spacial score (nSPS) is 15.4. The fourth-order valence-corrected chi connectivity index (χ4v) is 8.61. The van der Waals surface area contributed by atoms with Crippen LogP contribution in [0.3, 0.4) is 0 Å². The van der Waals surface area contributed by atoms with Gasteiger partial charge in [0.1, 0.15) is 34.6 Å². The van der Waals surface area contributed by atoms with Crippen molar-refractivity contribution in [1.29, 1.82) is 0 Å². The number of hydrogen-bond donors (Lipinski definition) is 6. The Kier molecular flexibility index (Phi) is 25.0. The highest BCUT2D eigenvalue weighted by Crippen LogP contribution is 2.37. The molecule has 0 saturated heterocycles. The standard InChI is InChI=1S/2C16H23NOS.2C9H10O4.CH4.H2S/c2*1-5-17-14-8-12-6-7-15(10-13(12)9-14)19-16(3,4)11(2)18;2*1-6(9(11)12)13-8-4-2-7(10)3-5-8;;/h2*6-7,10,14,17H,5,8-9H2,1-4H3;2*2-6,10H,1H3,(H,11,12);1H4;1H2/t14-;;2*6-;;/m0.11../s1. The van der Waals surface area contributed by atoms with E-state index in [1.165, 1.54) is 94.4 Å². The van der Waals surface area contributed by atoms with Crippen LogP contribution < -0.4 is 20.1 Å². The number of carbonyl (C=O) groups is 4. The molecule has 2 aliphatic carbocycles. The quantitative estimate of drug-likeness (QED) is 0.0582. The van der Waals surface area contributed by atoms with Gasteiger partial charge in [-0.2, -0.15) is 13.5 Å². The third kappa shape index (κ3) is 19.7. The van der Waals surface area contributed by atoms with Crippen LogP contribution in [0.15, 0.2) is 94.7 Å². The Morgan fingerprint density at radius 2 is 0.894 bits per heavy atom. The fourth-order valence-electron chi connectivity index (χ4n) is 6.47. The second-order valence-corrected chi connectivity index (χ2v) is 20.1. The molecule has 6 N–H and O–H groups in total. The number of aromatic hydroxyl groups is 2. The number of ether oxygens (including phenoxy) is 2. The number of aliphatic carboxylic acids is 2. The first-order valence-corrected chi connectivity index (χ1v) is 23.1. The number of phenols is 2. The zero-order valence-corrected chi connectivity index (χ0v) is 41.8. The van der Waals surface area contributed by atoms with Crippen LogP contribution in [0.5, 0.6) is 23.0 Å². The van der Waals surface area contributed by atoms with Crippen LogP contribution >= 0.6 is 37.0 Å². The molecule has 6 rings (SSSR count). The summed E-state index contributed by atoms with van der Waals surface area (Å²) in [6.45, 7) is 20.6. The van der Waals surface area contributed by atoms with Crippen LogP contribution in [-0.4, -0.2) is 90.8 Å². The predicted molar refractivity (Wildman–Crippen MR) is 273 cm³/mol. The Bertz CT molecular complexity index is 2010. The lowest BCUT2D eigenvalue weighted by molar-refractivity contribution is -0.145. The summed E-state index contributed by atoms with van der Waals surface area (Å²) in [5.74, 6) is -0.501. The predicted octanol–water partition coefficient (Wildman–Crippen LogP) is 9.68. The summed E-state index contributed by atoms with van der Waals surface area (Å²) >= 11 is 3.33. The van der Waals surface area contributed by atoms with E-state index < -0.39 is 24.1 Å². The van der Waals surface area contributed by atoms with Gasteiger partial charge in [0.15, 0.2) is 12.2 Å². The van der Waals surface area contributed by atoms with E-state index in [4.69, 9.17) is 29.9 Å². The van der Waals surface area contributed by atoms with Crippen LogP contribution in [-0.2, 0) is 44.9 Å². The molecular weight excluding hydrogens is 897 g/mol. The third-order valence-electron chi connectivity index (χ3n) is 10.6. The van der Waals surface area contributed by atoms with Crippen LogP contribution in [0.4, 0.5) is 0 Å². The average molecular weight is 969 g/mol. The van der Waals surface area contributed by atoms with E-state index in [-0.39, 0.29) is 53.5 Å². The van der Waals surface area contributed by atoms with Crippen molar-refractivity contribution in [2.45, 2.75) is 146 Å². The lowest BCUT2D eigenvalue weighted by Gasteiger charge is -2.20. The molecule has 0 spiro atoms. The van der Waals surface area contributed by atoms with Crippen molar-refractivity contribution in [1.82, 2.24) is 10.6 Å². The number of carboxylic acids is 2. The maximum absolute atomic E-state index is 11.6. The topological polar surface area (TPSA) is 192 Å². The Morgan fingerprint density at radius 3 is 1.17 bits per heavy atom. The van der Waals surface area contributed by atoms with Gasteiger partial charge < -0.3 is 40.5 Å². The number of phenolic OH excluding ortho intramolecular Hbond substituents is 2. The molecule has 15 heteroatoms. The second-order valence-electron chi connectivity index (χ2n) is 16.7. The van der Waals surface area contributed by atoms with Gasteiger partial charge in [0.2, 0.25) is 0 Å². The molecule has 0 fully saturated rings. The average Bonchev–Trinajstić information content (AvgIpc) is 3.82. The lowest BCUT2D eigenvalue weighted by atomic mass is 10.1. The first kappa shape index (κ1) is 59.3. The van der Waals surface area contributed by atoms with Crippen molar-refractivity contribution < 1.29 is 49.1 Å². The summed E-state index contributed by atoms with van der Waals surface area (Å²) in [5, 5.41) is 41.9. The molecule has 0 amide bonds. The highest BCUT2D eigenvalue weighted by Gasteiger charge is 2.28. The summed E-state index contributed by atoms with van der Waals surface area (Å²) in [6.07, 6.45) is 2.71. The van der Waals surface area contributed by atoms with E-state index >= 15 is 0 Å². The van der Waals surface area contributed by atoms with Gasteiger partial charge in [-0.25, -0.2) is 9.59 Å². The van der Waals surface area contributed by atoms with Crippen LogP contribution in [0, 0.1) is 0 Å².